The van der Waals surface area contributed by atoms with Crippen molar-refractivity contribution in [3.05, 3.63) is 34.9 Å². The fraction of sp³-hybridized carbons (Fsp3) is 0.600. The normalized spacial score (nSPS) is 13.1. The van der Waals surface area contributed by atoms with E-state index in [2.05, 4.69) is 45.9 Å². The fourth-order valence-electron chi connectivity index (χ4n) is 2.30. The van der Waals surface area contributed by atoms with E-state index in [1.165, 1.54) is 29.5 Å². The number of benzene rings is 1. The van der Waals surface area contributed by atoms with Crippen LogP contribution in [0.5, 0.6) is 0 Å². The molecule has 1 aromatic carbocycles. The van der Waals surface area contributed by atoms with Gasteiger partial charge in [0.1, 0.15) is 0 Å². The summed E-state index contributed by atoms with van der Waals surface area (Å²) >= 11 is 0. The van der Waals surface area contributed by atoms with Crippen LogP contribution in [0.3, 0.4) is 0 Å². The number of aryl methyl sites for hydroxylation is 2. The zero-order chi connectivity index (χ0) is 12.1. The van der Waals surface area contributed by atoms with E-state index in [1.807, 2.05) is 0 Å². The molecule has 0 saturated carbocycles. The van der Waals surface area contributed by atoms with Gasteiger partial charge in [-0.25, -0.2) is 0 Å². The monoisotopic (exact) mass is 219 g/mol. The topological polar surface area (TPSA) is 26.0 Å². The van der Waals surface area contributed by atoms with E-state index in [9.17, 15) is 0 Å². The van der Waals surface area contributed by atoms with Crippen LogP contribution >= 0.6 is 0 Å². The zero-order valence-electron chi connectivity index (χ0n) is 11.1. The molecular weight excluding hydrogens is 194 g/mol. The summed E-state index contributed by atoms with van der Waals surface area (Å²) in [6.45, 7) is 8.85. The summed E-state index contributed by atoms with van der Waals surface area (Å²) in [5.41, 5.74) is 10.3. The Morgan fingerprint density at radius 1 is 1.06 bits per heavy atom. The van der Waals surface area contributed by atoms with Crippen molar-refractivity contribution in [3.63, 3.8) is 0 Å². The highest BCUT2D eigenvalue weighted by Crippen LogP contribution is 2.24. The van der Waals surface area contributed by atoms with Crippen LogP contribution in [0.2, 0.25) is 0 Å². The van der Waals surface area contributed by atoms with Crippen LogP contribution in [0.4, 0.5) is 0 Å². The number of hydrogen-bond acceptors (Lipinski definition) is 1. The molecule has 0 fully saturated rings. The Balaban J connectivity index is 2.62. The van der Waals surface area contributed by atoms with E-state index in [-0.39, 0.29) is 6.04 Å². The largest absolute Gasteiger partial charge is 0.324 e. The van der Waals surface area contributed by atoms with Crippen LogP contribution in [0.15, 0.2) is 18.2 Å². The van der Waals surface area contributed by atoms with E-state index in [0.29, 0.717) is 0 Å². The van der Waals surface area contributed by atoms with Gasteiger partial charge in [0.25, 0.3) is 0 Å². The molecule has 0 bridgehead atoms. The smallest absolute Gasteiger partial charge is 0.0300 e. The van der Waals surface area contributed by atoms with Crippen LogP contribution < -0.4 is 5.73 Å². The van der Waals surface area contributed by atoms with E-state index >= 15 is 0 Å². The molecule has 0 saturated heterocycles. The fourth-order valence-corrected chi connectivity index (χ4v) is 2.30. The molecule has 0 amide bonds. The van der Waals surface area contributed by atoms with Gasteiger partial charge in [0.05, 0.1) is 0 Å². The van der Waals surface area contributed by atoms with E-state index in [0.717, 1.165) is 12.3 Å². The maximum Gasteiger partial charge on any atom is 0.0300 e. The lowest BCUT2D eigenvalue weighted by molar-refractivity contribution is 0.504. The minimum absolute atomic E-state index is 0.208. The molecule has 0 aliphatic rings. The van der Waals surface area contributed by atoms with E-state index in [4.69, 9.17) is 5.73 Å². The Labute approximate surface area is 100 Å². The van der Waals surface area contributed by atoms with Crippen LogP contribution in [0.1, 0.15) is 55.8 Å². The predicted octanol–water partition coefficient (Wildman–Crippen LogP) is 4.13. The van der Waals surface area contributed by atoms with Gasteiger partial charge in [0, 0.05) is 6.04 Å². The molecule has 1 heteroatoms. The molecule has 1 aromatic rings. The summed E-state index contributed by atoms with van der Waals surface area (Å²) in [4.78, 5) is 0. The molecule has 1 nitrogen and oxygen atoms in total. The zero-order valence-corrected chi connectivity index (χ0v) is 11.1. The van der Waals surface area contributed by atoms with Crippen molar-refractivity contribution in [2.75, 3.05) is 0 Å². The number of nitrogens with two attached hydrogens (primary N) is 1. The maximum absolute atomic E-state index is 6.28. The number of hydrogen-bond donors (Lipinski definition) is 1. The maximum atomic E-state index is 6.28. The molecular formula is C15H25N. The van der Waals surface area contributed by atoms with Gasteiger partial charge in [0.15, 0.2) is 0 Å². The van der Waals surface area contributed by atoms with Crippen molar-refractivity contribution in [2.45, 2.75) is 53.0 Å². The Hall–Kier alpha value is -0.820. The predicted molar refractivity (Wildman–Crippen MR) is 71.5 cm³/mol. The minimum Gasteiger partial charge on any atom is -0.324 e. The second-order valence-electron chi connectivity index (χ2n) is 5.24. The second-order valence-corrected chi connectivity index (χ2v) is 5.24. The highest BCUT2D eigenvalue weighted by atomic mass is 14.6. The van der Waals surface area contributed by atoms with Gasteiger partial charge in [-0.1, -0.05) is 44.9 Å². The lowest BCUT2D eigenvalue weighted by atomic mass is 9.92. The van der Waals surface area contributed by atoms with Gasteiger partial charge in [-0.05, 0) is 42.9 Å². The first kappa shape index (κ1) is 13.2. The van der Waals surface area contributed by atoms with Gasteiger partial charge in [0.2, 0.25) is 0 Å². The minimum atomic E-state index is 0.208. The van der Waals surface area contributed by atoms with E-state index < -0.39 is 0 Å². The molecule has 0 spiro atoms. The summed E-state index contributed by atoms with van der Waals surface area (Å²) in [6, 6.07) is 6.63. The first-order chi connectivity index (χ1) is 7.52. The third-order valence-corrected chi connectivity index (χ3v) is 3.21. The lowest BCUT2D eigenvalue weighted by Crippen LogP contribution is -2.13. The summed E-state index contributed by atoms with van der Waals surface area (Å²) < 4.78 is 0. The van der Waals surface area contributed by atoms with Gasteiger partial charge >= 0.3 is 0 Å². The molecule has 1 atom stereocenters. The summed E-state index contributed by atoms with van der Waals surface area (Å²) in [5.74, 6) is 0.783. The SMILES string of the molecule is Cc1cccc(C)c1C(N)CCCC(C)C. The molecule has 1 rings (SSSR count). The first-order valence-electron chi connectivity index (χ1n) is 6.34. The summed E-state index contributed by atoms with van der Waals surface area (Å²) in [5, 5.41) is 0. The molecule has 0 radical (unpaired) electrons. The summed E-state index contributed by atoms with van der Waals surface area (Å²) in [6.07, 6.45) is 3.61. The molecule has 1 unspecified atom stereocenters. The first-order valence-corrected chi connectivity index (χ1v) is 6.34. The van der Waals surface area contributed by atoms with Crippen LogP contribution in [0, 0.1) is 19.8 Å². The Morgan fingerprint density at radius 2 is 1.62 bits per heavy atom. The third-order valence-electron chi connectivity index (χ3n) is 3.21. The Kier molecular flexibility index (Phi) is 5.01. The van der Waals surface area contributed by atoms with Crippen molar-refractivity contribution in [3.8, 4) is 0 Å². The van der Waals surface area contributed by atoms with E-state index in [1.54, 1.807) is 0 Å². The second kappa shape index (κ2) is 6.05. The van der Waals surface area contributed by atoms with Crippen LogP contribution in [0.25, 0.3) is 0 Å². The molecule has 0 aliphatic carbocycles. The highest BCUT2D eigenvalue weighted by molar-refractivity contribution is 5.35. The molecule has 90 valence electrons. The third kappa shape index (κ3) is 3.64. The quantitative estimate of drug-likeness (QED) is 0.791. The van der Waals surface area contributed by atoms with Crippen molar-refractivity contribution < 1.29 is 0 Å². The molecule has 16 heavy (non-hydrogen) atoms. The molecule has 2 N–H and O–H groups in total. The van der Waals surface area contributed by atoms with Crippen LogP contribution in [-0.2, 0) is 0 Å². The number of rotatable bonds is 5. The lowest BCUT2D eigenvalue weighted by Gasteiger charge is -2.17. The van der Waals surface area contributed by atoms with Gasteiger partial charge in [-0.2, -0.15) is 0 Å². The summed E-state index contributed by atoms with van der Waals surface area (Å²) in [7, 11) is 0. The average molecular weight is 219 g/mol. The van der Waals surface area contributed by atoms with Crippen molar-refractivity contribution in [1.82, 2.24) is 0 Å². The Morgan fingerprint density at radius 3 is 2.12 bits per heavy atom. The van der Waals surface area contributed by atoms with Gasteiger partial charge < -0.3 is 5.73 Å². The highest BCUT2D eigenvalue weighted by Gasteiger charge is 2.11. The van der Waals surface area contributed by atoms with Crippen molar-refractivity contribution >= 4 is 0 Å². The van der Waals surface area contributed by atoms with Gasteiger partial charge in [-0.15, -0.1) is 0 Å². The van der Waals surface area contributed by atoms with Crippen molar-refractivity contribution in [1.29, 1.82) is 0 Å². The molecule has 0 heterocycles. The Bertz CT molecular complexity index is 308. The molecule has 0 aliphatic heterocycles. The van der Waals surface area contributed by atoms with Gasteiger partial charge in [-0.3, -0.25) is 0 Å². The average Bonchev–Trinajstić information content (AvgIpc) is 2.16. The molecule has 0 aromatic heterocycles. The van der Waals surface area contributed by atoms with Crippen molar-refractivity contribution in [2.24, 2.45) is 11.7 Å². The standard InChI is InChI=1S/C15H25N/c1-11(2)7-5-10-14(16)15-12(3)8-6-9-13(15)4/h6,8-9,11,14H,5,7,10,16H2,1-4H3. The van der Waals surface area contributed by atoms with Crippen LogP contribution in [-0.4, -0.2) is 0 Å².